The van der Waals surface area contributed by atoms with E-state index in [1.165, 1.54) is 12.1 Å². The Morgan fingerprint density at radius 1 is 1.63 bits per heavy atom. The molecule has 1 aromatic carbocycles. The van der Waals surface area contributed by atoms with Crippen molar-refractivity contribution in [1.29, 1.82) is 5.26 Å². The lowest BCUT2D eigenvalue weighted by Crippen LogP contribution is -2.37. The molecule has 1 heterocycles. The first-order valence-electron chi connectivity index (χ1n) is 6.15. The van der Waals surface area contributed by atoms with E-state index >= 15 is 0 Å². The van der Waals surface area contributed by atoms with Gasteiger partial charge in [-0.1, -0.05) is 0 Å². The van der Waals surface area contributed by atoms with Gasteiger partial charge in [0.1, 0.15) is 5.82 Å². The summed E-state index contributed by atoms with van der Waals surface area (Å²) in [5, 5.41) is 8.82. The van der Waals surface area contributed by atoms with E-state index in [4.69, 9.17) is 11.0 Å². The second-order valence-electron chi connectivity index (χ2n) is 5.30. The van der Waals surface area contributed by atoms with Crippen molar-refractivity contribution in [2.75, 3.05) is 13.1 Å². The number of nitrogens with two attached hydrogens (primary N) is 1. The van der Waals surface area contributed by atoms with Crippen LogP contribution in [0.15, 0.2) is 18.2 Å². The Kier molecular flexibility index (Phi) is 3.54. The topological polar surface area (TPSA) is 70.1 Å². The Labute approximate surface area is 111 Å². The Bertz CT molecular complexity index is 552. The minimum absolute atomic E-state index is 0.318. The number of benzene rings is 1. The highest BCUT2D eigenvalue weighted by Gasteiger charge is 2.38. The number of carbonyl (C=O) groups is 1. The van der Waals surface area contributed by atoms with Crippen molar-refractivity contribution in [3.8, 4) is 6.07 Å². The molecular weight excluding hydrogens is 245 g/mol. The highest BCUT2D eigenvalue weighted by Crippen LogP contribution is 2.30. The number of rotatable bonds is 3. The third kappa shape index (κ3) is 2.74. The van der Waals surface area contributed by atoms with Crippen LogP contribution in [0.25, 0.3) is 0 Å². The monoisotopic (exact) mass is 261 g/mol. The van der Waals surface area contributed by atoms with Crippen LogP contribution in [0, 0.1) is 22.6 Å². The first kappa shape index (κ1) is 13.5. The van der Waals surface area contributed by atoms with Gasteiger partial charge in [-0.25, -0.2) is 4.39 Å². The SMILES string of the molecule is CC1(C(N)=O)CCN(Cc2cc(C#N)ccc2F)C1. The molecule has 0 aromatic heterocycles. The van der Waals surface area contributed by atoms with E-state index in [1.54, 1.807) is 6.07 Å². The van der Waals surface area contributed by atoms with Crippen molar-refractivity contribution in [3.05, 3.63) is 35.1 Å². The summed E-state index contributed by atoms with van der Waals surface area (Å²) < 4.78 is 13.7. The number of hydrogen-bond acceptors (Lipinski definition) is 3. The van der Waals surface area contributed by atoms with Gasteiger partial charge in [0.2, 0.25) is 5.91 Å². The van der Waals surface area contributed by atoms with Gasteiger partial charge in [-0.15, -0.1) is 0 Å². The average molecular weight is 261 g/mol. The predicted octanol–water partition coefficient (Wildman–Crippen LogP) is 1.39. The van der Waals surface area contributed by atoms with Crippen LogP contribution in [0.4, 0.5) is 4.39 Å². The van der Waals surface area contributed by atoms with Gasteiger partial charge in [-0.05, 0) is 38.1 Å². The zero-order valence-electron chi connectivity index (χ0n) is 10.8. The fourth-order valence-electron chi connectivity index (χ4n) is 2.40. The van der Waals surface area contributed by atoms with E-state index in [1.807, 2.05) is 17.9 Å². The molecule has 1 unspecified atom stereocenters. The van der Waals surface area contributed by atoms with Gasteiger partial charge in [0.05, 0.1) is 17.0 Å². The molecule has 0 radical (unpaired) electrons. The molecule has 0 aliphatic carbocycles. The molecule has 4 nitrogen and oxygen atoms in total. The zero-order chi connectivity index (χ0) is 14.0. The van der Waals surface area contributed by atoms with Crippen molar-refractivity contribution in [3.63, 3.8) is 0 Å². The lowest BCUT2D eigenvalue weighted by molar-refractivity contribution is -0.126. The third-order valence-corrected chi connectivity index (χ3v) is 3.72. The van der Waals surface area contributed by atoms with E-state index in [2.05, 4.69) is 0 Å². The van der Waals surface area contributed by atoms with Gasteiger partial charge in [0.25, 0.3) is 0 Å². The molecule has 1 atom stereocenters. The van der Waals surface area contributed by atoms with Crippen LogP contribution >= 0.6 is 0 Å². The highest BCUT2D eigenvalue weighted by atomic mass is 19.1. The molecule has 1 fully saturated rings. The Hall–Kier alpha value is -1.93. The smallest absolute Gasteiger partial charge is 0.224 e. The van der Waals surface area contributed by atoms with Crippen molar-refractivity contribution in [1.82, 2.24) is 4.90 Å². The summed E-state index contributed by atoms with van der Waals surface area (Å²) in [4.78, 5) is 13.4. The first-order chi connectivity index (χ1) is 8.94. The fraction of sp³-hybridized carbons (Fsp3) is 0.429. The maximum atomic E-state index is 13.7. The van der Waals surface area contributed by atoms with Crippen molar-refractivity contribution < 1.29 is 9.18 Å². The Morgan fingerprint density at radius 3 is 2.95 bits per heavy atom. The number of primary amides is 1. The molecule has 5 heteroatoms. The number of likely N-dealkylation sites (tertiary alicyclic amines) is 1. The number of nitrogens with zero attached hydrogens (tertiary/aromatic N) is 2. The predicted molar refractivity (Wildman–Crippen MR) is 68.3 cm³/mol. The molecular formula is C14H16FN3O. The van der Waals surface area contributed by atoms with Crippen LogP contribution in [-0.2, 0) is 11.3 Å². The van der Waals surface area contributed by atoms with E-state index < -0.39 is 5.41 Å². The summed E-state index contributed by atoms with van der Waals surface area (Å²) in [7, 11) is 0. The van der Waals surface area contributed by atoms with Gasteiger partial charge in [0.15, 0.2) is 0 Å². The van der Waals surface area contributed by atoms with Crippen LogP contribution in [0.1, 0.15) is 24.5 Å². The lowest BCUT2D eigenvalue weighted by Gasteiger charge is -2.21. The second-order valence-corrected chi connectivity index (χ2v) is 5.30. The summed E-state index contributed by atoms with van der Waals surface area (Å²) >= 11 is 0. The van der Waals surface area contributed by atoms with Crippen LogP contribution in [0.5, 0.6) is 0 Å². The van der Waals surface area contributed by atoms with Crippen molar-refractivity contribution in [2.45, 2.75) is 19.9 Å². The van der Waals surface area contributed by atoms with E-state index in [9.17, 15) is 9.18 Å². The van der Waals surface area contributed by atoms with Gasteiger partial charge in [-0.3, -0.25) is 9.69 Å². The Morgan fingerprint density at radius 2 is 2.37 bits per heavy atom. The molecule has 1 aliphatic heterocycles. The van der Waals surface area contributed by atoms with E-state index in [0.717, 1.165) is 0 Å². The quantitative estimate of drug-likeness (QED) is 0.894. The van der Waals surface area contributed by atoms with Crippen molar-refractivity contribution >= 4 is 5.91 Å². The van der Waals surface area contributed by atoms with Gasteiger partial charge >= 0.3 is 0 Å². The molecule has 2 N–H and O–H groups in total. The van der Waals surface area contributed by atoms with E-state index in [-0.39, 0.29) is 11.7 Å². The highest BCUT2D eigenvalue weighted by molar-refractivity contribution is 5.81. The Balaban J connectivity index is 2.12. The summed E-state index contributed by atoms with van der Waals surface area (Å²) in [6, 6.07) is 6.30. The molecule has 100 valence electrons. The minimum Gasteiger partial charge on any atom is -0.369 e. The van der Waals surface area contributed by atoms with Crippen molar-refractivity contribution in [2.24, 2.45) is 11.1 Å². The average Bonchev–Trinajstić information content (AvgIpc) is 2.75. The summed E-state index contributed by atoms with van der Waals surface area (Å²) in [6.07, 6.45) is 0.682. The standard InChI is InChI=1S/C14H16FN3O/c1-14(13(17)19)4-5-18(9-14)8-11-6-10(7-16)2-3-12(11)15/h2-3,6H,4-5,8-9H2,1H3,(H2,17,19). The maximum absolute atomic E-state index is 13.7. The lowest BCUT2D eigenvalue weighted by atomic mass is 9.89. The number of nitriles is 1. The normalized spacial score (nSPS) is 23.2. The van der Waals surface area contributed by atoms with Gasteiger partial charge in [0, 0.05) is 18.7 Å². The first-order valence-corrected chi connectivity index (χ1v) is 6.15. The fourth-order valence-corrected chi connectivity index (χ4v) is 2.40. The zero-order valence-corrected chi connectivity index (χ0v) is 10.8. The maximum Gasteiger partial charge on any atom is 0.224 e. The van der Waals surface area contributed by atoms with E-state index in [0.29, 0.717) is 37.2 Å². The van der Waals surface area contributed by atoms with Crippen LogP contribution in [0.2, 0.25) is 0 Å². The summed E-state index contributed by atoms with van der Waals surface area (Å²) in [5.41, 5.74) is 5.76. The second kappa shape index (κ2) is 4.98. The number of halogens is 1. The van der Waals surface area contributed by atoms with Crippen LogP contribution in [-0.4, -0.2) is 23.9 Å². The third-order valence-electron chi connectivity index (χ3n) is 3.72. The van der Waals surface area contributed by atoms with Gasteiger partial charge in [-0.2, -0.15) is 5.26 Å². The number of hydrogen-bond donors (Lipinski definition) is 1. The molecule has 1 aliphatic rings. The van der Waals surface area contributed by atoms with Gasteiger partial charge < -0.3 is 5.73 Å². The molecule has 1 aromatic rings. The number of amides is 1. The molecule has 19 heavy (non-hydrogen) atoms. The number of carbonyl (C=O) groups excluding carboxylic acids is 1. The largest absolute Gasteiger partial charge is 0.369 e. The minimum atomic E-state index is -0.538. The molecule has 1 amide bonds. The van der Waals surface area contributed by atoms with Crippen LogP contribution in [0.3, 0.4) is 0 Å². The molecule has 2 rings (SSSR count). The van der Waals surface area contributed by atoms with Crippen LogP contribution < -0.4 is 5.73 Å². The molecule has 0 spiro atoms. The molecule has 0 saturated carbocycles. The summed E-state index contributed by atoms with van der Waals surface area (Å²) in [5.74, 6) is -0.645. The molecule has 0 bridgehead atoms. The summed E-state index contributed by atoms with van der Waals surface area (Å²) in [6.45, 7) is 3.45. The molecule has 1 saturated heterocycles.